The van der Waals surface area contributed by atoms with Gasteiger partial charge in [-0.25, -0.2) is 13.6 Å². The average Bonchev–Trinajstić information content (AvgIpc) is 3.06. The topological polar surface area (TPSA) is 56.6 Å². The maximum atomic E-state index is 13.2. The van der Waals surface area contributed by atoms with Gasteiger partial charge in [-0.05, 0) is 17.7 Å². The first-order chi connectivity index (χ1) is 11.1. The van der Waals surface area contributed by atoms with E-state index in [0.29, 0.717) is 31.3 Å². The molecule has 0 N–H and O–H groups in total. The molecule has 3 heterocycles. The second kappa shape index (κ2) is 5.31. The van der Waals surface area contributed by atoms with Crippen LogP contribution in [0, 0.1) is 11.6 Å². The molecule has 0 spiro atoms. The van der Waals surface area contributed by atoms with E-state index < -0.39 is 17.3 Å². The molecule has 1 aromatic heterocycles. The molecule has 2 aliphatic heterocycles. The minimum atomic E-state index is -0.678. The highest BCUT2D eigenvalue weighted by molar-refractivity contribution is 5.47. The minimum Gasteiger partial charge on any atom is -0.473 e. The predicted molar refractivity (Wildman–Crippen MR) is 76.3 cm³/mol. The lowest BCUT2D eigenvalue weighted by Crippen LogP contribution is -2.26. The fraction of sp³-hybridized carbons (Fsp3) is 0.333. The van der Waals surface area contributed by atoms with Crippen molar-refractivity contribution in [1.29, 1.82) is 0 Å². The fourth-order valence-electron chi connectivity index (χ4n) is 2.91. The van der Waals surface area contributed by atoms with Crippen LogP contribution < -0.4 is 15.3 Å². The number of anilines is 1. The molecule has 1 atom stereocenters. The average molecular weight is 321 g/mol. The van der Waals surface area contributed by atoms with E-state index in [4.69, 9.17) is 9.47 Å². The van der Waals surface area contributed by atoms with Crippen LogP contribution in [0.5, 0.6) is 5.88 Å². The molecule has 6 nitrogen and oxygen atoms in total. The molecule has 0 bridgehead atoms. The summed E-state index contributed by atoms with van der Waals surface area (Å²) in [6.07, 6.45) is 0. The van der Waals surface area contributed by atoms with E-state index >= 15 is 0 Å². The SMILES string of the molecule is O=c1nc(OCc2cc(F)cc(F)c2)cc2n1C[C@@H]1COCN21. The predicted octanol–water partition coefficient (Wildman–Crippen LogP) is 1.28. The van der Waals surface area contributed by atoms with E-state index in [1.54, 1.807) is 10.6 Å². The van der Waals surface area contributed by atoms with Crippen LogP contribution in [0.2, 0.25) is 0 Å². The van der Waals surface area contributed by atoms with Crippen molar-refractivity contribution in [3.05, 3.63) is 51.9 Å². The molecule has 0 saturated carbocycles. The number of rotatable bonds is 3. The van der Waals surface area contributed by atoms with Gasteiger partial charge in [0.1, 0.15) is 30.8 Å². The molecule has 4 rings (SSSR count). The number of nitrogens with zero attached hydrogens (tertiary/aromatic N) is 3. The Hall–Kier alpha value is -2.48. The third-order valence-electron chi connectivity index (χ3n) is 3.94. The Morgan fingerprint density at radius 3 is 2.83 bits per heavy atom. The molecule has 1 aromatic carbocycles. The van der Waals surface area contributed by atoms with E-state index in [0.717, 1.165) is 6.07 Å². The monoisotopic (exact) mass is 321 g/mol. The molecule has 0 radical (unpaired) electrons. The van der Waals surface area contributed by atoms with Crippen molar-refractivity contribution in [2.24, 2.45) is 0 Å². The van der Waals surface area contributed by atoms with Gasteiger partial charge in [0.2, 0.25) is 5.88 Å². The van der Waals surface area contributed by atoms with Gasteiger partial charge in [-0.15, -0.1) is 0 Å². The van der Waals surface area contributed by atoms with Gasteiger partial charge < -0.3 is 14.4 Å². The molecule has 0 aliphatic carbocycles. The molecule has 1 saturated heterocycles. The van der Waals surface area contributed by atoms with Crippen molar-refractivity contribution < 1.29 is 18.3 Å². The number of hydrogen-bond donors (Lipinski definition) is 0. The smallest absolute Gasteiger partial charge is 0.352 e. The summed E-state index contributed by atoms with van der Waals surface area (Å²) in [6.45, 7) is 1.45. The van der Waals surface area contributed by atoms with Crippen molar-refractivity contribution in [3.63, 3.8) is 0 Å². The Morgan fingerprint density at radius 2 is 2.04 bits per heavy atom. The van der Waals surface area contributed by atoms with Crippen LogP contribution >= 0.6 is 0 Å². The molecule has 120 valence electrons. The molecule has 1 fully saturated rings. The summed E-state index contributed by atoms with van der Waals surface area (Å²) in [5, 5.41) is 0. The lowest BCUT2D eigenvalue weighted by molar-refractivity contribution is 0.189. The minimum absolute atomic E-state index is 0.0789. The van der Waals surface area contributed by atoms with Crippen molar-refractivity contribution in [1.82, 2.24) is 9.55 Å². The van der Waals surface area contributed by atoms with Gasteiger partial charge in [0.05, 0.1) is 19.2 Å². The molecule has 8 heteroatoms. The number of aromatic nitrogens is 2. The summed E-state index contributed by atoms with van der Waals surface area (Å²) >= 11 is 0. The zero-order chi connectivity index (χ0) is 16.0. The second-order valence-electron chi connectivity index (χ2n) is 5.54. The Balaban J connectivity index is 1.57. The summed E-state index contributed by atoms with van der Waals surface area (Å²) in [5.41, 5.74) is -0.0791. The Morgan fingerprint density at radius 1 is 1.26 bits per heavy atom. The van der Waals surface area contributed by atoms with E-state index in [1.165, 1.54) is 12.1 Å². The number of fused-ring (bicyclic) bond motifs is 3. The van der Waals surface area contributed by atoms with E-state index in [9.17, 15) is 13.6 Å². The third-order valence-corrected chi connectivity index (χ3v) is 3.94. The highest BCUT2D eigenvalue weighted by atomic mass is 19.1. The number of ether oxygens (including phenoxy) is 2. The Bertz CT molecular complexity index is 804. The quantitative estimate of drug-likeness (QED) is 0.852. The van der Waals surface area contributed by atoms with Gasteiger partial charge in [0.15, 0.2) is 0 Å². The Kier molecular flexibility index (Phi) is 3.26. The molecular formula is C15H13F2N3O3. The third kappa shape index (κ3) is 2.55. The molecular weight excluding hydrogens is 308 g/mol. The summed E-state index contributed by atoms with van der Waals surface area (Å²) in [7, 11) is 0. The zero-order valence-corrected chi connectivity index (χ0v) is 12.0. The van der Waals surface area contributed by atoms with Crippen LogP contribution in [0.3, 0.4) is 0 Å². The Labute approximate surface area is 129 Å². The van der Waals surface area contributed by atoms with Gasteiger partial charge in [0.25, 0.3) is 0 Å². The van der Waals surface area contributed by atoms with Gasteiger partial charge >= 0.3 is 5.69 Å². The maximum Gasteiger partial charge on any atom is 0.352 e. The van der Waals surface area contributed by atoms with Gasteiger partial charge in [-0.1, -0.05) is 0 Å². The van der Waals surface area contributed by atoms with Gasteiger partial charge in [-0.2, -0.15) is 4.98 Å². The van der Waals surface area contributed by atoms with E-state index in [1.807, 2.05) is 4.90 Å². The van der Waals surface area contributed by atoms with Crippen molar-refractivity contribution in [3.8, 4) is 5.88 Å². The molecule has 2 aromatic rings. The number of benzene rings is 1. The summed E-state index contributed by atoms with van der Waals surface area (Å²) in [5.74, 6) is -0.545. The maximum absolute atomic E-state index is 13.2. The fourth-order valence-corrected chi connectivity index (χ4v) is 2.91. The van der Waals surface area contributed by atoms with Crippen molar-refractivity contribution in [2.75, 3.05) is 18.2 Å². The largest absolute Gasteiger partial charge is 0.473 e. The summed E-state index contributed by atoms with van der Waals surface area (Å²) in [4.78, 5) is 17.9. The molecule has 0 unspecified atom stereocenters. The van der Waals surface area contributed by atoms with Crippen LogP contribution in [0.15, 0.2) is 29.1 Å². The van der Waals surface area contributed by atoms with Crippen molar-refractivity contribution >= 4 is 5.82 Å². The van der Waals surface area contributed by atoms with Crippen LogP contribution in [-0.4, -0.2) is 28.9 Å². The highest BCUT2D eigenvalue weighted by Crippen LogP contribution is 2.29. The summed E-state index contributed by atoms with van der Waals surface area (Å²) < 4.78 is 38.7. The van der Waals surface area contributed by atoms with Crippen LogP contribution in [0.1, 0.15) is 5.56 Å². The first-order valence-corrected chi connectivity index (χ1v) is 7.14. The van der Waals surface area contributed by atoms with Crippen LogP contribution in [0.4, 0.5) is 14.6 Å². The second-order valence-corrected chi connectivity index (χ2v) is 5.54. The normalized spacial score (nSPS) is 18.9. The highest BCUT2D eigenvalue weighted by Gasteiger charge is 2.35. The number of halogens is 2. The van der Waals surface area contributed by atoms with Crippen LogP contribution in [0.25, 0.3) is 0 Å². The number of hydrogen-bond acceptors (Lipinski definition) is 5. The van der Waals surface area contributed by atoms with E-state index in [-0.39, 0.29) is 18.5 Å². The van der Waals surface area contributed by atoms with E-state index in [2.05, 4.69) is 4.98 Å². The molecule has 2 aliphatic rings. The summed E-state index contributed by atoms with van der Waals surface area (Å²) in [6, 6.07) is 4.92. The molecule has 23 heavy (non-hydrogen) atoms. The van der Waals surface area contributed by atoms with Crippen molar-refractivity contribution in [2.45, 2.75) is 19.2 Å². The molecule has 0 amide bonds. The first kappa shape index (κ1) is 14.1. The van der Waals surface area contributed by atoms with Crippen LogP contribution in [-0.2, 0) is 17.9 Å². The van der Waals surface area contributed by atoms with Gasteiger partial charge in [-0.3, -0.25) is 4.57 Å². The first-order valence-electron chi connectivity index (χ1n) is 7.14. The lowest BCUT2D eigenvalue weighted by Gasteiger charge is -2.15. The lowest BCUT2D eigenvalue weighted by atomic mass is 10.2. The zero-order valence-electron chi connectivity index (χ0n) is 12.0. The van der Waals surface area contributed by atoms with Gasteiger partial charge in [0, 0.05) is 12.1 Å². The standard InChI is InChI=1S/C15H13F2N3O3/c16-10-1-9(2-11(17)3-10)6-23-13-4-14-19(15(21)18-13)5-12-7-22-8-20(12)14/h1-4,12H,5-8H2/t12-/m1/s1.